The Bertz CT molecular complexity index is 1130. The molecule has 0 bridgehead atoms. The zero-order valence-corrected chi connectivity index (χ0v) is 14.2. The molecule has 0 atom stereocenters. The summed E-state index contributed by atoms with van der Waals surface area (Å²) in [6.45, 7) is 0.342. The zero-order chi connectivity index (χ0) is 17.5. The number of carbonyl (C=O) groups is 1. The molecule has 1 aromatic carbocycles. The summed E-state index contributed by atoms with van der Waals surface area (Å²) in [5, 5.41) is 12.2. The largest absolute Gasteiger partial charge is 0.464 e. The second-order valence-electron chi connectivity index (χ2n) is 6.73. The fourth-order valence-corrected chi connectivity index (χ4v) is 3.71. The van der Waals surface area contributed by atoms with E-state index in [0.29, 0.717) is 18.8 Å². The smallest absolute Gasteiger partial charge is 0.224 e. The zero-order valence-electron chi connectivity index (χ0n) is 14.2. The highest BCUT2D eigenvalue weighted by atomic mass is 16.3. The molecular weight excluding hydrogens is 328 g/mol. The van der Waals surface area contributed by atoms with E-state index in [2.05, 4.69) is 27.6 Å². The van der Waals surface area contributed by atoms with E-state index in [1.54, 1.807) is 6.26 Å². The summed E-state index contributed by atoms with van der Waals surface area (Å²) >= 11 is 0. The molecule has 130 valence electrons. The van der Waals surface area contributed by atoms with Gasteiger partial charge < -0.3 is 9.73 Å². The number of nitrogens with zero attached hydrogens (tertiary/aromatic N) is 3. The Labute approximate surface area is 149 Å². The van der Waals surface area contributed by atoms with Crippen LogP contribution in [0.3, 0.4) is 0 Å². The van der Waals surface area contributed by atoms with Gasteiger partial charge in [0, 0.05) is 17.1 Å². The number of nitrogens with one attached hydrogen (secondary N) is 1. The molecule has 0 radical (unpaired) electrons. The van der Waals surface area contributed by atoms with Crippen molar-refractivity contribution in [3.63, 3.8) is 0 Å². The van der Waals surface area contributed by atoms with Crippen molar-refractivity contribution in [2.75, 3.05) is 0 Å². The Morgan fingerprint density at radius 3 is 3.00 bits per heavy atom. The molecule has 26 heavy (non-hydrogen) atoms. The van der Waals surface area contributed by atoms with Crippen LogP contribution in [0, 0.1) is 0 Å². The topological polar surface area (TPSA) is 72.4 Å². The van der Waals surface area contributed by atoms with Gasteiger partial charge in [-0.25, -0.2) is 0 Å². The molecule has 0 saturated heterocycles. The summed E-state index contributed by atoms with van der Waals surface area (Å²) in [5.41, 5.74) is 5.33. The Morgan fingerprint density at radius 2 is 2.08 bits per heavy atom. The maximum atomic E-state index is 12.4. The van der Waals surface area contributed by atoms with E-state index in [1.807, 2.05) is 28.8 Å². The van der Waals surface area contributed by atoms with Crippen molar-refractivity contribution in [2.45, 2.75) is 32.2 Å². The molecule has 0 fully saturated rings. The van der Waals surface area contributed by atoms with Crippen molar-refractivity contribution >= 4 is 22.5 Å². The number of pyridine rings is 1. The molecule has 6 nitrogen and oxygen atoms in total. The average molecular weight is 346 g/mol. The second-order valence-corrected chi connectivity index (χ2v) is 6.73. The van der Waals surface area contributed by atoms with Crippen molar-refractivity contribution in [2.24, 2.45) is 0 Å². The Balaban J connectivity index is 1.32. The number of furan rings is 1. The van der Waals surface area contributed by atoms with Gasteiger partial charge in [-0.1, -0.05) is 6.07 Å². The quantitative estimate of drug-likeness (QED) is 0.617. The fraction of sp³-hybridized carbons (Fsp3) is 0.250. The van der Waals surface area contributed by atoms with Gasteiger partial charge in [0.05, 0.1) is 19.2 Å². The van der Waals surface area contributed by atoms with Gasteiger partial charge in [-0.3, -0.25) is 9.20 Å². The molecule has 1 aliphatic rings. The van der Waals surface area contributed by atoms with E-state index in [1.165, 1.54) is 17.5 Å². The van der Waals surface area contributed by atoms with E-state index >= 15 is 0 Å². The number of hydrogen-bond acceptors (Lipinski definition) is 4. The average Bonchev–Trinajstić information content (AvgIpc) is 3.37. The van der Waals surface area contributed by atoms with Gasteiger partial charge in [-0.15, -0.1) is 10.2 Å². The number of benzene rings is 1. The maximum Gasteiger partial charge on any atom is 0.224 e. The van der Waals surface area contributed by atoms with Gasteiger partial charge in [0.15, 0.2) is 11.5 Å². The van der Waals surface area contributed by atoms with Crippen molar-refractivity contribution in [3.8, 4) is 0 Å². The van der Waals surface area contributed by atoms with Crippen LogP contribution in [0.25, 0.3) is 16.6 Å². The fourth-order valence-electron chi connectivity index (χ4n) is 3.71. The first-order valence-corrected chi connectivity index (χ1v) is 8.85. The molecule has 6 heteroatoms. The molecule has 3 aromatic heterocycles. The summed E-state index contributed by atoms with van der Waals surface area (Å²) in [6.07, 6.45) is 7.32. The molecule has 3 heterocycles. The minimum absolute atomic E-state index is 0.0547. The number of rotatable bonds is 4. The van der Waals surface area contributed by atoms with E-state index < -0.39 is 0 Å². The van der Waals surface area contributed by atoms with Crippen molar-refractivity contribution in [1.29, 1.82) is 0 Å². The number of amides is 1. The van der Waals surface area contributed by atoms with Gasteiger partial charge in [0.25, 0.3) is 0 Å². The van der Waals surface area contributed by atoms with Gasteiger partial charge in [0.1, 0.15) is 5.58 Å². The third-order valence-electron chi connectivity index (χ3n) is 5.05. The second kappa shape index (κ2) is 5.98. The minimum Gasteiger partial charge on any atom is -0.464 e. The first-order chi connectivity index (χ1) is 12.8. The van der Waals surface area contributed by atoms with Crippen LogP contribution in [0.15, 0.2) is 47.2 Å². The molecule has 5 rings (SSSR count). The molecule has 4 aromatic rings. The lowest BCUT2D eigenvalue weighted by atomic mass is 10.0. The third-order valence-corrected chi connectivity index (χ3v) is 5.05. The molecule has 0 saturated carbocycles. The summed E-state index contributed by atoms with van der Waals surface area (Å²) in [6, 6.07) is 10.0. The number of fused-ring (bicyclic) bond motifs is 3. The van der Waals surface area contributed by atoms with Gasteiger partial charge in [0.2, 0.25) is 5.91 Å². The summed E-state index contributed by atoms with van der Waals surface area (Å²) in [7, 11) is 0. The van der Waals surface area contributed by atoms with Crippen LogP contribution in [0.4, 0.5) is 0 Å². The van der Waals surface area contributed by atoms with Crippen LogP contribution >= 0.6 is 0 Å². The predicted molar refractivity (Wildman–Crippen MR) is 96.8 cm³/mol. The van der Waals surface area contributed by atoms with Crippen LogP contribution in [-0.4, -0.2) is 20.5 Å². The molecule has 0 unspecified atom stereocenters. The summed E-state index contributed by atoms with van der Waals surface area (Å²) in [4.78, 5) is 12.4. The minimum atomic E-state index is -0.0547. The highest BCUT2D eigenvalue weighted by molar-refractivity contribution is 5.88. The third kappa shape index (κ3) is 2.54. The van der Waals surface area contributed by atoms with E-state index in [4.69, 9.17) is 4.42 Å². The molecular formula is C20H18N4O2. The highest BCUT2D eigenvalue weighted by Crippen LogP contribution is 2.30. The van der Waals surface area contributed by atoms with Gasteiger partial charge >= 0.3 is 0 Å². The van der Waals surface area contributed by atoms with Crippen molar-refractivity contribution < 1.29 is 9.21 Å². The van der Waals surface area contributed by atoms with Crippen molar-refractivity contribution in [3.05, 3.63) is 65.3 Å². The number of aromatic nitrogens is 3. The van der Waals surface area contributed by atoms with Gasteiger partial charge in [-0.2, -0.15) is 0 Å². The van der Waals surface area contributed by atoms with E-state index in [0.717, 1.165) is 35.0 Å². The SMILES string of the molecule is O=C(Cc1coc2cc3c(cc12)CCC3)NCc1nnc2ccccn12. The highest BCUT2D eigenvalue weighted by Gasteiger charge is 2.17. The van der Waals surface area contributed by atoms with Crippen LogP contribution in [-0.2, 0) is 30.6 Å². The van der Waals surface area contributed by atoms with Crippen LogP contribution < -0.4 is 5.32 Å². The molecule has 0 aliphatic heterocycles. The van der Waals surface area contributed by atoms with Crippen molar-refractivity contribution in [1.82, 2.24) is 19.9 Å². The Hall–Kier alpha value is -3.15. The van der Waals surface area contributed by atoms with Gasteiger partial charge in [-0.05, 0) is 54.7 Å². The standard InChI is InChI=1S/C20H18N4O2/c25-20(21-11-19-23-22-18-6-1-2-7-24(18)19)10-15-12-26-17-9-14-5-3-4-13(14)8-16(15)17/h1-2,6-9,12H,3-5,10-11H2,(H,21,25). The Morgan fingerprint density at radius 1 is 1.19 bits per heavy atom. The lowest BCUT2D eigenvalue weighted by molar-refractivity contribution is -0.120. The number of carbonyl (C=O) groups excluding carboxylic acids is 1. The monoisotopic (exact) mass is 346 g/mol. The first-order valence-electron chi connectivity index (χ1n) is 8.85. The predicted octanol–water partition coefficient (Wildman–Crippen LogP) is 2.82. The normalized spacial score (nSPS) is 13.4. The summed E-state index contributed by atoms with van der Waals surface area (Å²) < 4.78 is 7.55. The molecule has 1 N–H and O–H groups in total. The van der Waals surface area contributed by atoms with E-state index in [9.17, 15) is 4.79 Å². The van der Waals surface area contributed by atoms with Crippen LogP contribution in [0.1, 0.15) is 28.9 Å². The number of aryl methyl sites for hydroxylation is 2. The van der Waals surface area contributed by atoms with Crippen LogP contribution in [0.5, 0.6) is 0 Å². The van der Waals surface area contributed by atoms with E-state index in [-0.39, 0.29) is 5.91 Å². The lowest BCUT2D eigenvalue weighted by Gasteiger charge is -2.04. The first kappa shape index (κ1) is 15.1. The summed E-state index contributed by atoms with van der Waals surface area (Å²) in [5.74, 6) is 0.657. The molecule has 1 amide bonds. The maximum absolute atomic E-state index is 12.4. The molecule has 1 aliphatic carbocycles. The Kier molecular flexibility index (Phi) is 3.48. The number of hydrogen-bond donors (Lipinski definition) is 1. The molecule has 0 spiro atoms. The lowest BCUT2D eigenvalue weighted by Crippen LogP contribution is -2.25. The van der Waals surface area contributed by atoms with Crippen LogP contribution in [0.2, 0.25) is 0 Å².